The molecule has 0 spiro atoms. The number of benzene rings is 2. The zero-order chi connectivity index (χ0) is 16.4. The molecule has 0 bridgehead atoms. The van der Waals surface area contributed by atoms with Crippen LogP contribution in [-0.2, 0) is 0 Å². The summed E-state index contributed by atoms with van der Waals surface area (Å²) in [5, 5.41) is 9.29. The Morgan fingerprint density at radius 1 is 1.04 bits per heavy atom. The minimum Gasteiger partial charge on any atom is -0.321 e. The summed E-state index contributed by atoms with van der Waals surface area (Å²) in [7, 11) is 0. The van der Waals surface area contributed by atoms with Crippen LogP contribution in [0.3, 0.4) is 0 Å². The molecule has 1 N–H and O–H groups in total. The number of halogens is 1. The zero-order valence-corrected chi connectivity index (χ0v) is 12.4. The molecular weight excluding hydrogens is 291 g/mol. The van der Waals surface area contributed by atoms with Gasteiger partial charge in [0.25, 0.3) is 5.56 Å². The topological polar surface area (TPSA) is 56.6 Å². The number of hydrogen-bond acceptors (Lipinski definition) is 2. The molecule has 3 aromatic rings. The van der Waals surface area contributed by atoms with Crippen LogP contribution in [0, 0.1) is 24.1 Å². The van der Waals surface area contributed by atoms with Crippen LogP contribution in [0.1, 0.15) is 11.1 Å². The minimum atomic E-state index is -0.451. The highest BCUT2D eigenvalue weighted by Gasteiger charge is 2.13. The number of nitrogens with one attached hydrogen (secondary N) is 1. The van der Waals surface area contributed by atoms with Crippen LogP contribution in [-0.4, -0.2) is 4.98 Å². The summed E-state index contributed by atoms with van der Waals surface area (Å²) in [6.07, 6.45) is 0. The van der Waals surface area contributed by atoms with Gasteiger partial charge in [0, 0.05) is 16.8 Å². The first-order chi connectivity index (χ1) is 11.1. The maximum atomic E-state index is 13.1. The van der Waals surface area contributed by atoms with E-state index in [9.17, 15) is 14.4 Å². The van der Waals surface area contributed by atoms with E-state index in [1.54, 1.807) is 18.2 Å². The van der Waals surface area contributed by atoms with Gasteiger partial charge in [-0.2, -0.15) is 5.26 Å². The standard InChI is InChI=1S/C19H13FN2O/c1-12-4-2-3-5-15(12)18-10-16(17(11-21)19(23)22-18)13-6-8-14(20)9-7-13/h2-10H,1H3,(H,22,23). The van der Waals surface area contributed by atoms with Crippen molar-refractivity contribution in [3.8, 4) is 28.5 Å². The Bertz CT molecular complexity index is 966. The minimum absolute atomic E-state index is 0.0222. The van der Waals surface area contributed by atoms with Crippen molar-refractivity contribution in [3.63, 3.8) is 0 Å². The Morgan fingerprint density at radius 3 is 2.39 bits per heavy atom. The van der Waals surface area contributed by atoms with E-state index in [0.717, 1.165) is 11.1 Å². The van der Waals surface area contributed by atoms with E-state index in [4.69, 9.17) is 0 Å². The van der Waals surface area contributed by atoms with E-state index in [2.05, 4.69) is 4.98 Å². The summed E-state index contributed by atoms with van der Waals surface area (Å²) in [5.41, 5.74) is 3.22. The van der Waals surface area contributed by atoms with Crippen molar-refractivity contribution >= 4 is 0 Å². The van der Waals surface area contributed by atoms with Crippen molar-refractivity contribution in [2.45, 2.75) is 6.92 Å². The monoisotopic (exact) mass is 304 g/mol. The molecular formula is C19H13FN2O. The van der Waals surface area contributed by atoms with E-state index < -0.39 is 5.56 Å². The quantitative estimate of drug-likeness (QED) is 0.777. The summed E-state index contributed by atoms with van der Waals surface area (Å²) in [5.74, 6) is -0.365. The predicted molar refractivity (Wildman–Crippen MR) is 87.3 cm³/mol. The molecule has 0 radical (unpaired) electrons. The normalized spacial score (nSPS) is 10.3. The van der Waals surface area contributed by atoms with Crippen LogP contribution < -0.4 is 5.56 Å². The van der Waals surface area contributed by atoms with Crippen LogP contribution in [0.25, 0.3) is 22.4 Å². The van der Waals surface area contributed by atoms with Crippen molar-refractivity contribution in [2.24, 2.45) is 0 Å². The van der Waals surface area contributed by atoms with Crippen molar-refractivity contribution in [3.05, 3.63) is 81.9 Å². The summed E-state index contributed by atoms with van der Waals surface area (Å²) in [4.78, 5) is 15.0. The molecule has 4 heteroatoms. The van der Waals surface area contributed by atoms with Crippen LogP contribution in [0.15, 0.2) is 59.4 Å². The number of aromatic amines is 1. The number of aromatic nitrogens is 1. The van der Waals surface area contributed by atoms with Crippen molar-refractivity contribution in [2.75, 3.05) is 0 Å². The van der Waals surface area contributed by atoms with E-state index in [-0.39, 0.29) is 11.4 Å². The number of nitriles is 1. The second-order valence-electron chi connectivity index (χ2n) is 5.23. The first kappa shape index (κ1) is 14.7. The second-order valence-corrected chi connectivity index (χ2v) is 5.23. The molecule has 112 valence electrons. The van der Waals surface area contributed by atoms with Gasteiger partial charge in [-0.1, -0.05) is 36.4 Å². The Hall–Kier alpha value is -3.19. The predicted octanol–water partition coefficient (Wildman–Crippen LogP) is 4.03. The van der Waals surface area contributed by atoms with Crippen LogP contribution in [0.4, 0.5) is 4.39 Å². The molecule has 0 fully saturated rings. The molecule has 0 aliphatic heterocycles. The van der Waals surface area contributed by atoms with Crippen LogP contribution >= 0.6 is 0 Å². The molecule has 0 saturated carbocycles. The van der Waals surface area contributed by atoms with Crippen LogP contribution in [0.2, 0.25) is 0 Å². The van der Waals surface area contributed by atoms with Gasteiger partial charge in [-0.05, 0) is 36.2 Å². The lowest BCUT2D eigenvalue weighted by Gasteiger charge is -2.10. The molecule has 0 atom stereocenters. The van der Waals surface area contributed by atoms with Gasteiger partial charge in [-0.15, -0.1) is 0 Å². The molecule has 1 heterocycles. The number of H-pyrrole nitrogens is 1. The molecule has 3 nitrogen and oxygen atoms in total. The maximum Gasteiger partial charge on any atom is 0.266 e. The van der Waals surface area contributed by atoms with Crippen molar-refractivity contribution < 1.29 is 4.39 Å². The first-order valence-electron chi connectivity index (χ1n) is 7.09. The van der Waals surface area contributed by atoms with Gasteiger partial charge in [0.15, 0.2) is 0 Å². The largest absolute Gasteiger partial charge is 0.321 e. The van der Waals surface area contributed by atoms with Gasteiger partial charge in [0.05, 0.1) is 0 Å². The third-order valence-corrected chi connectivity index (χ3v) is 3.74. The van der Waals surface area contributed by atoms with Gasteiger partial charge < -0.3 is 4.98 Å². The summed E-state index contributed by atoms with van der Waals surface area (Å²) >= 11 is 0. The zero-order valence-electron chi connectivity index (χ0n) is 12.4. The van der Waals surface area contributed by atoms with Crippen LogP contribution in [0.5, 0.6) is 0 Å². The highest BCUT2D eigenvalue weighted by Crippen LogP contribution is 2.27. The maximum absolute atomic E-state index is 13.1. The van der Waals surface area contributed by atoms with Gasteiger partial charge >= 0.3 is 0 Å². The van der Waals surface area contributed by atoms with E-state index in [1.165, 1.54) is 12.1 Å². The molecule has 0 saturated heterocycles. The highest BCUT2D eigenvalue weighted by atomic mass is 19.1. The van der Waals surface area contributed by atoms with E-state index in [1.807, 2.05) is 37.3 Å². The number of hydrogen-bond donors (Lipinski definition) is 1. The van der Waals surface area contributed by atoms with E-state index >= 15 is 0 Å². The summed E-state index contributed by atoms with van der Waals surface area (Å²) in [6.45, 7) is 1.95. The number of nitrogens with zero attached hydrogens (tertiary/aromatic N) is 1. The fourth-order valence-corrected chi connectivity index (χ4v) is 2.55. The fourth-order valence-electron chi connectivity index (χ4n) is 2.55. The van der Waals surface area contributed by atoms with Gasteiger partial charge in [-0.3, -0.25) is 4.79 Å². The van der Waals surface area contributed by atoms with E-state index in [0.29, 0.717) is 16.8 Å². The molecule has 2 aromatic carbocycles. The lowest BCUT2D eigenvalue weighted by Crippen LogP contribution is -2.13. The SMILES string of the molecule is Cc1ccccc1-c1cc(-c2ccc(F)cc2)c(C#N)c(=O)[nH]1. The third kappa shape index (κ3) is 2.77. The lowest BCUT2D eigenvalue weighted by atomic mass is 9.97. The second kappa shape index (κ2) is 5.90. The van der Waals surface area contributed by atoms with Gasteiger partial charge in [0.1, 0.15) is 17.4 Å². The molecule has 23 heavy (non-hydrogen) atoms. The number of pyridine rings is 1. The fraction of sp³-hybridized carbons (Fsp3) is 0.0526. The molecule has 0 amide bonds. The highest BCUT2D eigenvalue weighted by molar-refractivity contribution is 5.76. The average Bonchev–Trinajstić information content (AvgIpc) is 2.55. The van der Waals surface area contributed by atoms with Crippen molar-refractivity contribution in [1.82, 2.24) is 4.98 Å². The number of aryl methyl sites for hydroxylation is 1. The number of rotatable bonds is 2. The summed E-state index contributed by atoms with van der Waals surface area (Å²) < 4.78 is 13.1. The molecule has 0 aliphatic carbocycles. The smallest absolute Gasteiger partial charge is 0.266 e. The molecule has 1 aromatic heterocycles. The lowest BCUT2D eigenvalue weighted by molar-refractivity contribution is 0.628. The third-order valence-electron chi connectivity index (χ3n) is 3.74. The summed E-state index contributed by atoms with van der Waals surface area (Å²) in [6, 6.07) is 17.1. The Kier molecular flexibility index (Phi) is 3.78. The van der Waals surface area contributed by atoms with Gasteiger partial charge in [0.2, 0.25) is 0 Å². The average molecular weight is 304 g/mol. The molecule has 0 unspecified atom stereocenters. The first-order valence-corrected chi connectivity index (χ1v) is 7.09. The van der Waals surface area contributed by atoms with Gasteiger partial charge in [-0.25, -0.2) is 4.39 Å². The Morgan fingerprint density at radius 2 is 1.74 bits per heavy atom. The Labute approximate surface area is 132 Å². The Balaban J connectivity index is 2.27. The van der Waals surface area contributed by atoms with Crippen molar-refractivity contribution in [1.29, 1.82) is 5.26 Å². The molecule has 3 rings (SSSR count). The molecule has 0 aliphatic rings.